The second kappa shape index (κ2) is 26.2. The van der Waals surface area contributed by atoms with Crippen LogP contribution in [0, 0.1) is 0 Å². The van der Waals surface area contributed by atoms with Gasteiger partial charge in [0.05, 0.1) is 6.61 Å². The first-order chi connectivity index (χ1) is 22.3. The van der Waals surface area contributed by atoms with E-state index in [-0.39, 0.29) is 81.4 Å². The van der Waals surface area contributed by atoms with Gasteiger partial charge in [-0.05, 0) is 60.1 Å². The Bertz CT molecular complexity index is 1320. The number of ether oxygens (including phenoxy) is 5. The molecular formula is C34H46FN3O9VW-2. The summed E-state index contributed by atoms with van der Waals surface area (Å²) in [5.74, 6) is -0.798. The number of carbonyl (C=O) groups is 4. The molecule has 1 unspecified atom stereocenters. The SMILES string of the molecule is COCCCOCCCC(=O)c1cccc2c1-c1ccc(NC(=O)CCCC(=O)NCCOCCCOC)cc1C2COC([NH-])=O.[F-].[V].[W]. The van der Waals surface area contributed by atoms with Gasteiger partial charge in [0.25, 0.3) is 0 Å². The van der Waals surface area contributed by atoms with Crippen LogP contribution in [-0.2, 0) is 72.9 Å². The Balaban J connectivity index is 0.00000768. The molecule has 0 spiro atoms. The number of amides is 3. The zero-order valence-corrected chi connectivity index (χ0v) is 32.4. The zero-order chi connectivity index (χ0) is 33.1. The van der Waals surface area contributed by atoms with Crippen molar-refractivity contribution in [2.45, 2.75) is 50.9 Å². The molecule has 1 atom stereocenters. The maximum Gasteiger partial charge on any atom is 0.227 e. The van der Waals surface area contributed by atoms with Gasteiger partial charge >= 0.3 is 0 Å². The average Bonchev–Trinajstić information content (AvgIpc) is 3.35. The number of fused-ring (bicyclic) bond motifs is 3. The first kappa shape index (κ1) is 46.4. The number of hydrogen-bond donors (Lipinski definition) is 2. The zero-order valence-electron chi connectivity index (χ0n) is 28.1. The van der Waals surface area contributed by atoms with Crippen molar-refractivity contribution >= 4 is 29.4 Å². The van der Waals surface area contributed by atoms with Crippen LogP contribution in [0.25, 0.3) is 16.9 Å². The van der Waals surface area contributed by atoms with Gasteiger partial charge in [-0.15, -0.1) is 0 Å². The van der Waals surface area contributed by atoms with Crippen LogP contribution in [0.1, 0.15) is 72.3 Å². The normalized spacial score (nSPS) is 12.3. The molecule has 0 aliphatic heterocycles. The number of benzene rings is 2. The number of rotatable bonds is 23. The standard InChI is InChI=1S/C34H47N3O9.FH.V.W/c1-42-16-6-19-44-18-5-10-30(38)27-9-3-8-25-29(23-46-34(35)41)28-22-24(13-14-26(28)33(25)27)37-32(40)12-4-11-31(39)36-15-21-45-20-7-17-43-2;;;/h3,8-9,13-14,22,29H,4-7,10-12,15-21,23H2,1-2H3,(H4,35,36,37,38,39,40,41);1H;;/p-2. The Labute approximate surface area is 313 Å². The molecule has 1 aliphatic carbocycles. The van der Waals surface area contributed by atoms with Crippen molar-refractivity contribution in [1.82, 2.24) is 5.32 Å². The molecule has 3 amide bonds. The van der Waals surface area contributed by atoms with Gasteiger partial charge in [0.15, 0.2) is 5.78 Å². The summed E-state index contributed by atoms with van der Waals surface area (Å²) in [6.45, 7) is 3.63. The minimum atomic E-state index is -1.14. The van der Waals surface area contributed by atoms with Crippen molar-refractivity contribution in [2.75, 3.05) is 72.3 Å². The number of carbonyl (C=O) groups excluding carboxylic acids is 4. The Kier molecular flexibility index (Phi) is 24.8. The van der Waals surface area contributed by atoms with Crippen molar-refractivity contribution in [2.24, 2.45) is 0 Å². The van der Waals surface area contributed by atoms with E-state index < -0.39 is 12.0 Å². The van der Waals surface area contributed by atoms with E-state index in [9.17, 15) is 19.2 Å². The van der Waals surface area contributed by atoms with Gasteiger partial charge in [0.1, 0.15) is 6.61 Å². The summed E-state index contributed by atoms with van der Waals surface area (Å²) < 4.78 is 26.1. The molecule has 0 aromatic heterocycles. The van der Waals surface area contributed by atoms with Crippen molar-refractivity contribution in [3.8, 4) is 11.1 Å². The van der Waals surface area contributed by atoms with Gasteiger partial charge in [0.2, 0.25) is 17.9 Å². The van der Waals surface area contributed by atoms with E-state index in [0.29, 0.717) is 76.7 Å². The molecule has 0 saturated carbocycles. The summed E-state index contributed by atoms with van der Waals surface area (Å²) in [5.41, 5.74) is 11.6. The van der Waals surface area contributed by atoms with E-state index in [2.05, 4.69) is 10.6 Å². The Morgan fingerprint density at radius 1 is 0.776 bits per heavy atom. The van der Waals surface area contributed by atoms with E-state index in [1.165, 1.54) is 0 Å². The number of ketones is 1. The second-order valence-corrected chi connectivity index (χ2v) is 10.9. The van der Waals surface area contributed by atoms with E-state index in [1.54, 1.807) is 26.4 Å². The molecule has 12 nitrogen and oxygen atoms in total. The predicted molar refractivity (Wildman–Crippen MR) is 173 cm³/mol. The second-order valence-electron chi connectivity index (χ2n) is 10.9. The molecule has 0 fully saturated rings. The van der Waals surface area contributed by atoms with Crippen molar-refractivity contribution in [1.29, 1.82) is 0 Å². The number of hydrogen-bond acceptors (Lipinski definition) is 9. The van der Waals surface area contributed by atoms with Crippen LogP contribution >= 0.6 is 0 Å². The number of halogens is 1. The van der Waals surface area contributed by atoms with Crippen LogP contribution in [0.4, 0.5) is 10.5 Å². The van der Waals surface area contributed by atoms with Crippen molar-refractivity contribution in [3.63, 3.8) is 0 Å². The molecule has 2 aromatic rings. The molecule has 1 aliphatic rings. The van der Waals surface area contributed by atoms with Gasteiger partial charge in [0, 0.05) is 130 Å². The average molecular weight is 895 g/mol. The fourth-order valence-electron chi connectivity index (χ4n) is 5.32. The van der Waals surface area contributed by atoms with Crippen LogP contribution < -0.4 is 15.3 Å². The van der Waals surface area contributed by atoms with Crippen LogP contribution in [0.15, 0.2) is 36.4 Å². The topological polar surface area (TPSA) is 162 Å². The first-order valence-electron chi connectivity index (χ1n) is 15.7. The monoisotopic (exact) mass is 894 g/mol. The number of anilines is 1. The maximum absolute atomic E-state index is 13.3. The third-order valence-electron chi connectivity index (χ3n) is 7.48. The Hall–Kier alpha value is -2.64. The molecule has 49 heavy (non-hydrogen) atoms. The van der Waals surface area contributed by atoms with Crippen LogP contribution in [-0.4, -0.2) is 90.7 Å². The molecule has 2 aromatic carbocycles. The smallest absolute Gasteiger partial charge is 0.227 e. The van der Waals surface area contributed by atoms with Gasteiger partial charge < -0.3 is 44.8 Å². The molecule has 271 valence electrons. The molecule has 0 bridgehead atoms. The van der Waals surface area contributed by atoms with E-state index >= 15 is 0 Å². The summed E-state index contributed by atoms with van der Waals surface area (Å²) >= 11 is 0. The summed E-state index contributed by atoms with van der Waals surface area (Å²) in [5, 5.41) is 5.67. The molecule has 3 rings (SSSR count). The van der Waals surface area contributed by atoms with Gasteiger partial charge in [-0.25, -0.2) is 0 Å². The minimum Gasteiger partial charge on any atom is -1.00 e. The van der Waals surface area contributed by atoms with Crippen LogP contribution in [0.3, 0.4) is 0 Å². The summed E-state index contributed by atoms with van der Waals surface area (Å²) in [6, 6.07) is 10.9. The molecule has 0 saturated heterocycles. The van der Waals surface area contributed by atoms with Crippen LogP contribution in [0.5, 0.6) is 0 Å². The third-order valence-corrected chi connectivity index (χ3v) is 7.48. The largest absolute Gasteiger partial charge is 1.00 e. The van der Waals surface area contributed by atoms with Gasteiger partial charge in [-0.2, -0.15) is 0 Å². The number of methoxy groups -OCH3 is 2. The quantitative estimate of drug-likeness (QED) is 0.126. The summed E-state index contributed by atoms with van der Waals surface area (Å²) in [7, 11) is 3.28. The maximum atomic E-state index is 13.3. The molecule has 0 heterocycles. The number of nitrogens with one attached hydrogen (secondary N) is 3. The van der Waals surface area contributed by atoms with E-state index in [0.717, 1.165) is 35.1 Å². The Morgan fingerprint density at radius 2 is 1.43 bits per heavy atom. The number of Topliss-reactive ketones (excluding diaryl/α,β-unsaturated/α-hetero) is 1. The fraction of sp³-hybridized carbons (Fsp3) is 0.529. The first-order valence-corrected chi connectivity index (χ1v) is 15.7. The van der Waals surface area contributed by atoms with E-state index in [1.807, 2.05) is 24.3 Å². The minimum absolute atomic E-state index is 0. The molecular weight excluding hydrogens is 848 g/mol. The van der Waals surface area contributed by atoms with Gasteiger partial charge in [-0.1, -0.05) is 24.3 Å². The molecule has 15 heteroatoms. The Morgan fingerprint density at radius 3 is 2.10 bits per heavy atom. The fourth-order valence-corrected chi connectivity index (χ4v) is 5.32. The van der Waals surface area contributed by atoms with Crippen molar-refractivity contribution in [3.05, 3.63) is 58.8 Å². The summed E-state index contributed by atoms with van der Waals surface area (Å²) in [4.78, 5) is 49.5. The van der Waals surface area contributed by atoms with Crippen molar-refractivity contribution < 1.29 is 87.2 Å². The third kappa shape index (κ3) is 15.8. The van der Waals surface area contributed by atoms with Crippen LogP contribution in [0.2, 0.25) is 0 Å². The van der Waals surface area contributed by atoms with E-state index in [4.69, 9.17) is 29.4 Å². The predicted octanol–water partition coefficient (Wildman–Crippen LogP) is 2.28. The molecule has 3 N–H and O–H groups in total. The molecule has 1 radical (unpaired) electrons. The van der Waals surface area contributed by atoms with Gasteiger partial charge in [-0.3, -0.25) is 19.2 Å². The summed E-state index contributed by atoms with van der Waals surface area (Å²) in [6.07, 6.45) is 2.11.